The summed E-state index contributed by atoms with van der Waals surface area (Å²) in [4.78, 5) is 17.1. The third kappa shape index (κ3) is 7.78. The Kier molecular flexibility index (Phi) is 9.30. The van der Waals surface area contributed by atoms with Gasteiger partial charge in [-0.15, -0.1) is 10.2 Å². The van der Waals surface area contributed by atoms with Crippen molar-refractivity contribution in [1.29, 1.82) is 0 Å². The van der Waals surface area contributed by atoms with Gasteiger partial charge < -0.3 is 15.7 Å². The van der Waals surface area contributed by atoms with E-state index in [2.05, 4.69) is 50.7 Å². The molecule has 0 bridgehead atoms. The third-order valence-electron chi connectivity index (χ3n) is 6.00. The van der Waals surface area contributed by atoms with Crippen LogP contribution in [0, 0.1) is 11.6 Å². The molecule has 0 saturated heterocycles. The van der Waals surface area contributed by atoms with Gasteiger partial charge >= 0.3 is 0 Å². The van der Waals surface area contributed by atoms with Gasteiger partial charge in [0.1, 0.15) is 23.9 Å². The Hall–Kier alpha value is -3.93. The number of aliphatic hydroxyl groups excluding tert-OH is 1. The predicted molar refractivity (Wildman–Crippen MR) is 139 cm³/mol. The van der Waals surface area contributed by atoms with Gasteiger partial charge in [0.15, 0.2) is 5.84 Å². The number of rotatable bonds is 12. The fourth-order valence-electron chi connectivity index (χ4n) is 4.11. The van der Waals surface area contributed by atoms with Crippen LogP contribution in [0.25, 0.3) is 0 Å². The second kappa shape index (κ2) is 13.0. The van der Waals surface area contributed by atoms with Crippen molar-refractivity contribution >= 4 is 11.7 Å². The van der Waals surface area contributed by atoms with Crippen molar-refractivity contribution in [3.05, 3.63) is 101 Å². The molecule has 0 aliphatic carbocycles. The molecule has 0 fully saturated rings. The largest absolute Gasteiger partial charge is 0.390 e. The highest BCUT2D eigenvalue weighted by atomic mass is 19.1. The number of aromatic nitrogens is 1. The van der Waals surface area contributed by atoms with Crippen molar-refractivity contribution in [2.75, 3.05) is 13.1 Å². The first-order valence-electron chi connectivity index (χ1n) is 12.4. The van der Waals surface area contributed by atoms with Crippen LogP contribution < -0.4 is 21.6 Å². The summed E-state index contributed by atoms with van der Waals surface area (Å²) in [6, 6.07) is 15.8. The number of hydrogen-bond acceptors (Lipinski definition) is 8. The van der Waals surface area contributed by atoms with Crippen LogP contribution in [0.5, 0.6) is 0 Å². The Morgan fingerprint density at radius 3 is 2.58 bits per heavy atom. The highest BCUT2D eigenvalue weighted by Gasteiger charge is 2.25. The van der Waals surface area contributed by atoms with Crippen LogP contribution in [0.2, 0.25) is 0 Å². The minimum absolute atomic E-state index is 0.0329. The SMILES string of the molecule is CCc1cccc(CNC[C@@H](O)[C@H](Cc2cc(F)cc(F)c2)NC(=O)CN2NN=C(c3ccccn3)N2)c1. The summed E-state index contributed by atoms with van der Waals surface area (Å²) in [7, 11) is 0. The molecule has 200 valence electrons. The summed E-state index contributed by atoms with van der Waals surface area (Å²) in [6.45, 7) is 2.61. The predicted octanol–water partition coefficient (Wildman–Crippen LogP) is 1.79. The van der Waals surface area contributed by atoms with Crippen LogP contribution in [0.15, 0.2) is 72.0 Å². The lowest BCUT2D eigenvalue weighted by atomic mass is 10.0. The molecule has 0 saturated carbocycles. The monoisotopic (exact) mass is 523 g/mol. The van der Waals surface area contributed by atoms with Crippen molar-refractivity contribution in [3.8, 4) is 0 Å². The van der Waals surface area contributed by atoms with Gasteiger partial charge in [0.05, 0.1) is 12.1 Å². The number of carbonyl (C=O) groups is 1. The molecule has 38 heavy (non-hydrogen) atoms. The number of hydrazine groups is 2. The molecule has 0 spiro atoms. The minimum Gasteiger partial charge on any atom is -0.390 e. The molecule has 0 radical (unpaired) electrons. The van der Waals surface area contributed by atoms with E-state index >= 15 is 0 Å². The molecule has 2 aromatic carbocycles. The summed E-state index contributed by atoms with van der Waals surface area (Å²) in [5.74, 6) is -1.43. The van der Waals surface area contributed by atoms with E-state index in [-0.39, 0.29) is 19.5 Å². The molecule has 11 heteroatoms. The number of halogens is 2. The summed E-state index contributed by atoms with van der Waals surface area (Å²) >= 11 is 0. The van der Waals surface area contributed by atoms with E-state index in [0.29, 0.717) is 23.6 Å². The number of benzene rings is 2. The van der Waals surface area contributed by atoms with Crippen LogP contribution in [0.3, 0.4) is 0 Å². The number of amides is 1. The molecule has 1 aromatic heterocycles. The average Bonchev–Trinajstić information content (AvgIpc) is 3.36. The fourth-order valence-corrected chi connectivity index (χ4v) is 4.11. The van der Waals surface area contributed by atoms with Crippen LogP contribution in [0.1, 0.15) is 29.3 Å². The Bertz CT molecular complexity index is 1240. The summed E-state index contributed by atoms with van der Waals surface area (Å²) in [6.07, 6.45) is 1.55. The van der Waals surface area contributed by atoms with Crippen LogP contribution in [-0.4, -0.2) is 52.2 Å². The Labute approximate surface area is 219 Å². The van der Waals surface area contributed by atoms with E-state index in [1.807, 2.05) is 18.2 Å². The van der Waals surface area contributed by atoms with Crippen LogP contribution in [-0.2, 0) is 24.2 Å². The van der Waals surface area contributed by atoms with Crippen LogP contribution in [0.4, 0.5) is 8.78 Å². The first kappa shape index (κ1) is 27.1. The number of nitrogens with zero attached hydrogens (tertiary/aromatic N) is 3. The third-order valence-corrected chi connectivity index (χ3v) is 6.00. The van der Waals surface area contributed by atoms with Crippen molar-refractivity contribution in [2.45, 2.75) is 38.5 Å². The molecular formula is C27H31F2N7O2. The van der Waals surface area contributed by atoms with Gasteiger partial charge in [-0.1, -0.05) is 37.3 Å². The lowest BCUT2D eigenvalue weighted by Gasteiger charge is -2.26. The molecule has 1 aliphatic heterocycles. The van der Waals surface area contributed by atoms with Gasteiger partial charge in [-0.3, -0.25) is 15.2 Å². The number of amidine groups is 1. The summed E-state index contributed by atoms with van der Waals surface area (Å²) in [5, 5.41) is 22.4. The Balaban J connectivity index is 1.36. The smallest absolute Gasteiger partial charge is 0.238 e. The molecule has 3 aromatic rings. The zero-order valence-electron chi connectivity index (χ0n) is 21.0. The Morgan fingerprint density at radius 2 is 1.84 bits per heavy atom. The van der Waals surface area contributed by atoms with Crippen molar-refractivity contribution in [3.63, 3.8) is 0 Å². The maximum absolute atomic E-state index is 13.8. The molecule has 2 heterocycles. The molecule has 4 rings (SSSR count). The zero-order chi connectivity index (χ0) is 26.9. The number of carbonyl (C=O) groups excluding carboxylic acids is 1. The molecular weight excluding hydrogens is 492 g/mol. The van der Waals surface area contributed by atoms with Crippen molar-refractivity contribution in [1.82, 2.24) is 31.7 Å². The van der Waals surface area contributed by atoms with E-state index in [0.717, 1.165) is 18.1 Å². The highest BCUT2D eigenvalue weighted by molar-refractivity contribution is 5.97. The van der Waals surface area contributed by atoms with E-state index in [1.165, 1.54) is 22.8 Å². The van der Waals surface area contributed by atoms with Gasteiger partial charge in [-0.25, -0.2) is 14.3 Å². The van der Waals surface area contributed by atoms with E-state index in [4.69, 9.17) is 0 Å². The highest BCUT2D eigenvalue weighted by Crippen LogP contribution is 2.12. The van der Waals surface area contributed by atoms with E-state index < -0.39 is 29.7 Å². The number of nitrogens with one attached hydrogen (secondary N) is 4. The number of aryl methyl sites for hydroxylation is 1. The van der Waals surface area contributed by atoms with Crippen LogP contribution >= 0.6 is 0 Å². The standard InChI is InChI=1S/C27H31F2N7O2/c1-2-18-6-5-7-19(10-18)15-30-16-25(37)24(13-20-11-21(28)14-22(29)12-20)32-26(38)17-36-34-27(33-35-36)23-8-3-4-9-31-23/h3-12,14,24-25,30,35,37H,2,13,15-17H2,1H3,(H,32,38)(H,33,34)/t24-,25+/m0/s1. The number of aliphatic hydroxyl groups is 1. The normalized spacial score (nSPS) is 14.8. The molecule has 2 atom stereocenters. The fraction of sp³-hybridized carbons (Fsp3) is 0.296. The van der Waals surface area contributed by atoms with Gasteiger partial charge in [-0.05, 0) is 53.8 Å². The van der Waals surface area contributed by atoms with E-state index in [9.17, 15) is 18.7 Å². The number of pyridine rings is 1. The molecule has 1 aliphatic rings. The first-order valence-corrected chi connectivity index (χ1v) is 12.4. The maximum atomic E-state index is 13.8. The second-order valence-corrected chi connectivity index (χ2v) is 9.00. The topological polar surface area (TPSA) is 114 Å². The van der Waals surface area contributed by atoms with Crippen molar-refractivity contribution in [2.24, 2.45) is 5.10 Å². The van der Waals surface area contributed by atoms with Gasteiger partial charge in [0.2, 0.25) is 5.91 Å². The lowest BCUT2D eigenvalue weighted by Crippen LogP contribution is -2.53. The quantitative estimate of drug-likeness (QED) is 0.246. The van der Waals surface area contributed by atoms with Gasteiger partial charge in [-0.2, -0.15) is 0 Å². The molecule has 1 amide bonds. The zero-order valence-corrected chi connectivity index (χ0v) is 21.0. The Morgan fingerprint density at radius 1 is 1.05 bits per heavy atom. The minimum atomic E-state index is -1.03. The molecule has 5 N–H and O–H groups in total. The lowest BCUT2D eigenvalue weighted by molar-refractivity contribution is -0.124. The van der Waals surface area contributed by atoms with Gasteiger partial charge in [0, 0.05) is 25.4 Å². The van der Waals surface area contributed by atoms with Gasteiger partial charge in [0.25, 0.3) is 0 Å². The molecule has 9 nitrogen and oxygen atoms in total. The number of hydrogen-bond donors (Lipinski definition) is 5. The first-order chi connectivity index (χ1) is 18.4. The number of hydrazone groups is 1. The average molecular weight is 524 g/mol. The van der Waals surface area contributed by atoms with E-state index in [1.54, 1.807) is 18.3 Å². The van der Waals surface area contributed by atoms with Crippen molar-refractivity contribution < 1.29 is 18.7 Å². The summed E-state index contributed by atoms with van der Waals surface area (Å²) in [5.41, 5.74) is 8.84. The maximum Gasteiger partial charge on any atom is 0.238 e. The molecule has 0 unspecified atom stereocenters. The summed E-state index contributed by atoms with van der Waals surface area (Å²) < 4.78 is 27.6. The second-order valence-electron chi connectivity index (χ2n) is 9.00.